The Kier molecular flexibility index (Phi) is 5.40. The van der Waals surface area contributed by atoms with Crippen molar-refractivity contribution in [3.8, 4) is 0 Å². The van der Waals surface area contributed by atoms with Crippen LogP contribution < -0.4 is 10.2 Å². The molecule has 0 unspecified atom stereocenters. The molecule has 7 heteroatoms. The predicted octanol–water partition coefficient (Wildman–Crippen LogP) is 4.08. The normalized spacial score (nSPS) is 16.2. The monoisotopic (exact) mass is 406 g/mol. The van der Waals surface area contributed by atoms with Gasteiger partial charge in [0.2, 0.25) is 11.8 Å². The summed E-state index contributed by atoms with van der Waals surface area (Å²) in [4.78, 5) is 31.7. The molecule has 29 heavy (non-hydrogen) atoms. The molecule has 4 rings (SSSR count). The average molecular weight is 407 g/mol. The number of para-hydroxylation sites is 4. The molecule has 0 saturated heterocycles. The van der Waals surface area contributed by atoms with Gasteiger partial charge in [0, 0.05) is 19.0 Å². The number of anilines is 2. The first-order valence-electron chi connectivity index (χ1n) is 9.48. The summed E-state index contributed by atoms with van der Waals surface area (Å²) in [7, 11) is 0. The number of carbonyl (C=O) groups excluding carboxylic acids is 2. The summed E-state index contributed by atoms with van der Waals surface area (Å²) in [5, 5.41) is 3.67. The van der Waals surface area contributed by atoms with Crippen molar-refractivity contribution in [2.45, 2.75) is 31.1 Å². The van der Waals surface area contributed by atoms with Gasteiger partial charge in [-0.3, -0.25) is 9.59 Å². The third kappa shape index (κ3) is 3.78. The van der Waals surface area contributed by atoms with E-state index in [-0.39, 0.29) is 30.0 Å². The first-order chi connectivity index (χ1) is 14.1. The highest BCUT2D eigenvalue weighted by molar-refractivity contribution is 7.99. The van der Waals surface area contributed by atoms with E-state index < -0.39 is 0 Å². The number of hydrogen-bond acceptors (Lipinski definition) is 4. The number of hydrogen-bond donors (Lipinski definition) is 1. The zero-order chi connectivity index (χ0) is 20.4. The van der Waals surface area contributed by atoms with E-state index in [9.17, 15) is 9.59 Å². The number of carbonyl (C=O) groups is 2. The summed E-state index contributed by atoms with van der Waals surface area (Å²) in [6.07, 6.45) is 2.09. The number of nitrogens with one attached hydrogen (secondary N) is 1. The molecule has 2 amide bonds. The SMILES string of the molecule is C=CCn1c(SCC(=O)N2c3ccccc3NC(=O)C[C@@H]2C)nc2ccccc21. The standard InChI is InChI=1S/C22H22N4O2S/c1-3-12-25-18-10-6-4-8-16(18)24-22(25)29-14-21(28)26-15(2)13-20(27)23-17-9-5-7-11-19(17)26/h3-11,15H,1,12-14H2,2H3,(H,23,27)/t15-/m0/s1. The van der Waals surface area contributed by atoms with E-state index in [2.05, 4.69) is 21.4 Å². The first kappa shape index (κ1) is 19.3. The van der Waals surface area contributed by atoms with Gasteiger partial charge in [0.1, 0.15) is 0 Å². The van der Waals surface area contributed by atoms with Crippen LogP contribution >= 0.6 is 11.8 Å². The molecule has 0 saturated carbocycles. The zero-order valence-corrected chi connectivity index (χ0v) is 17.0. The van der Waals surface area contributed by atoms with E-state index in [1.54, 1.807) is 4.90 Å². The largest absolute Gasteiger partial charge is 0.324 e. The summed E-state index contributed by atoms with van der Waals surface area (Å²) in [5.41, 5.74) is 3.31. The fourth-order valence-electron chi connectivity index (χ4n) is 3.63. The molecule has 148 valence electrons. The van der Waals surface area contributed by atoms with Crippen LogP contribution in [0.4, 0.5) is 11.4 Å². The second-order valence-corrected chi connectivity index (χ2v) is 7.90. The molecular weight excluding hydrogens is 384 g/mol. The Morgan fingerprint density at radius 1 is 1.28 bits per heavy atom. The van der Waals surface area contributed by atoms with Crippen molar-refractivity contribution in [1.82, 2.24) is 9.55 Å². The number of nitrogens with zero attached hydrogens (tertiary/aromatic N) is 3. The molecule has 6 nitrogen and oxygen atoms in total. The maximum absolute atomic E-state index is 13.2. The van der Waals surface area contributed by atoms with Crippen molar-refractivity contribution in [3.05, 3.63) is 61.2 Å². The molecule has 1 aliphatic heterocycles. The number of thioether (sulfide) groups is 1. The summed E-state index contributed by atoms with van der Waals surface area (Å²) in [6, 6.07) is 15.1. The van der Waals surface area contributed by atoms with E-state index in [0.29, 0.717) is 12.2 Å². The van der Waals surface area contributed by atoms with Gasteiger partial charge < -0.3 is 14.8 Å². The van der Waals surface area contributed by atoms with Crippen LogP contribution in [0, 0.1) is 0 Å². The second-order valence-electron chi connectivity index (χ2n) is 6.95. The van der Waals surface area contributed by atoms with E-state index in [0.717, 1.165) is 21.9 Å². The maximum Gasteiger partial charge on any atom is 0.237 e. The molecular formula is C22H22N4O2S. The van der Waals surface area contributed by atoms with Gasteiger partial charge in [-0.15, -0.1) is 6.58 Å². The molecule has 2 heterocycles. The number of imidazole rings is 1. The number of rotatable bonds is 5. The van der Waals surface area contributed by atoms with Crippen molar-refractivity contribution < 1.29 is 9.59 Å². The van der Waals surface area contributed by atoms with Crippen LogP contribution in [0.5, 0.6) is 0 Å². The molecule has 0 radical (unpaired) electrons. The van der Waals surface area contributed by atoms with Crippen molar-refractivity contribution in [2.24, 2.45) is 0 Å². The molecule has 0 aliphatic carbocycles. The number of fused-ring (bicyclic) bond motifs is 2. The van der Waals surface area contributed by atoms with Crippen LogP contribution in [0.3, 0.4) is 0 Å². The lowest BCUT2D eigenvalue weighted by Crippen LogP contribution is -2.40. The van der Waals surface area contributed by atoms with E-state index in [1.165, 1.54) is 11.8 Å². The molecule has 0 fully saturated rings. The minimum atomic E-state index is -0.223. The Balaban J connectivity index is 1.60. The van der Waals surface area contributed by atoms with Gasteiger partial charge in [-0.2, -0.15) is 0 Å². The van der Waals surface area contributed by atoms with Gasteiger partial charge in [-0.05, 0) is 31.2 Å². The second kappa shape index (κ2) is 8.13. The minimum absolute atomic E-state index is 0.0522. The van der Waals surface area contributed by atoms with Gasteiger partial charge >= 0.3 is 0 Å². The smallest absolute Gasteiger partial charge is 0.237 e. The van der Waals surface area contributed by atoms with E-state index in [4.69, 9.17) is 0 Å². The van der Waals surface area contributed by atoms with E-state index in [1.807, 2.05) is 61.5 Å². The molecule has 1 atom stereocenters. The predicted molar refractivity (Wildman–Crippen MR) is 117 cm³/mol. The highest BCUT2D eigenvalue weighted by atomic mass is 32.2. The molecule has 1 aliphatic rings. The Morgan fingerprint density at radius 2 is 2.03 bits per heavy atom. The quantitative estimate of drug-likeness (QED) is 0.512. The first-order valence-corrected chi connectivity index (χ1v) is 10.5. The Labute approximate surface area is 173 Å². The molecule has 3 aromatic rings. The van der Waals surface area contributed by atoms with Crippen LogP contribution in [0.2, 0.25) is 0 Å². The number of allylic oxidation sites excluding steroid dienone is 1. The molecule has 2 aromatic carbocycles. The topological polar surface area (TPSA) is 67.2 Å². The Bertz CT molecular complexity index is 1090. The molecule has 1 aromatic heterocycles. The van der Waals surface area contributed by atoms with Crippen molar-refractivity contribution >= 4 is 46.0 Å². The highest BCUT2D eigenvalue weighted by Gasteiger charge is 2.29. The van der Waals surface area contributed by atoms with Crippen LogP contribution in [0.25, 0.3) is 11.0 Å². The number of aromatic nitrogens is 2. The lowest BCUT2D eigenvalue weighted by molar-refractivity contribution is -0.117. The number of amides is 2. The maximum atomic E-state index is 13.2. The summed E-state index contributed by atoms with van der Waals surface area (Å²) in [5.74, 6) is 0.0946. The lowest BCUT2D eigenvalue weighted by atomic mass is 10.2. The fraction of sp³-hybridized carbons (Fsp3) is 0.227. The third-order valence-corrected chi connectivity index (χ3v) is 5.85. The van der Waals surface area contributed by atoms with Crippen molar-refractivity contribution in [3.63, 3.8) is 0 Å². The van der Waals surface area contributed by atoms with Crippen molar-refractivity contribution in [1.29, 1.82) is 0 Å². The Hall–Kier alpha value is -3.06. The summed E-state index contributed by atoms with van der Waals surface area (Å²) in [6.45, 7) is 6.36. The molecule has 0 bridgehead atoms. The summed E-state index contributed by atoms with van der Waals surface area (Å²) < 4.78 is 2.06. The molecule has 1 N–H and O–H groups in total. The van der Waals surface area contributed by atoms with Gasteiger partial charge in [0.15, 0.2) is 5.16 Å². The number of benzene rings is 2. The van der Waals surface area contributed by atoms with Crippen LogP contribution in [0.1, 0.15) is 13.3 Å². The van der Waals surface area contributed by atoms with Crippen LogP contribution in [-0.4, -0.2) is 33.2 Å². The lowest BCUT2D eigenvalue weighted by Gasteiger charge is -2.27. The summed E-state index contributed by atoms with van der Waals surface area (Å²) >= 11 is 1.41. The zero-order valence-electron chi connectivity index (χ0n) is 16.2. The third-order valence-electron chi connectivity index (χ3n) is 4.88. The fourth-order valence-corrected chi connectivity index (χ4v) is 4.52. The van der Waals surface area contributed by atoms with Crippen LogP contribution in [-0.2, 0) is 16.1 Å². The van der Waals surface area contributed by atoms with Gasteiger partial charge in [-0.1, -0.05) is 42.1 Å². The van der Waals surface area contributed by atoms with Gasteiger partial charge in [0.25, 0.3) is 0 Å². The van der Waals surface area contributed by atoms with Gasteiger partial charge in [0.05, 0.1) is 28.2 Å². The Morgan fingerprint density at radius 3 is 2.86 bits per heavy atom. The van der Waals surface area contributed by atoms with Gasteiger partial charge in [-0.25, -0.2) is 4.98 Å². The molecule has 0 spiro atoms. The average Bonchev–Trinajstić information content (AvgIpc) is 2.99. The minimum Gasteiger partial charge on any atom is -0.324 e. The van der Waals surface area contributed by atoms with Crippen molar-refractivity contribution in [2.75, 3.05) is 16.0 Å². The van der Waals surface area contributed by atoms with E-state index >= 15 is 0 Å². The highest BCUT2D eigenvalue weighted by Crippen LogP contribution is 2.32. The van der Waals surface area contributed by atoms with Crippen LogP contribution in [0.15, 0.2) is 66.3 Å².